The summed E-state index contributed by atoms with van der Waals surface area (Å²) in [4.78, 5) is 37.3. The van der Waals surface area contributed by atoms with Gasteiger partial charge in [0.25, 0.3) is 5.56 Å². The largest absolute Gasteiger partial charge is 0.456 e. The van der Waals surface area contributed by atoms with Gasteiger partial charge in [0.1, 0.15) is 18.2 Å². The third-order valence-corrected chi connectivity index (χ3v) is 4.64. The van der Waals surface area contributed by atoms with E-state index in [-0.39, 0.29) is 12.2 Å². The molecule has 7 nitrogen and oxygen atoms in total. The quantitative estimate of drug-likeness (QED) is 0.767. The molecule has 1 atom stereocenters. The lowest BCUT2D eigenvalue weighted by Gasteiger charge is -2.28. The second kappa shape index (κ2) is 5.17. The van der Waals surface area contributed by atoms with E-state index in [0.29, 0.717) is 22.7 Å². The molecule has 25 heavy (non-hydrogen) atoms. The normalized spacial score (nSPS) is 18.5. The van der Waals surface area contributed by atoms with Gasteiger partial charge in [-0.2, -0.15) is 0 Å². The second-order valence-corrected chi connectivity index (χ2v) is 6.05. The summed E-state index contributed by atoms with van der Waals surface area (Å²) >= 11 is 0. The highest BCUT2D eigenvalue weighted by Crippen LogP contribution is 2.42. The number of cyclic esters (lactones) is 1. The number of hydrogen-bond donors (Lipinski definition) is 1. The maximum absolute atomic E-state index is 13.3. The molecule has 2 aliphatic heterocycles. The van der Waals surface area contributed by atoms with Crippen LogP contribution in [0.5, 0.6) is 0 Å². The first kappa shape index (κ1) is 15.4. The monoisotopic (exact) mass is 343 g/mol. The minimum absolute atomic E-state index is 0.0364. The summed E-state index contributed by atoms with van der Waals surface area (Å²) in [5.41, 5.74) is 0.666. The molecule has 3 heterocycles. The Morgan fingerprint density at radius 3 is 2.48 bits per heavy atom. The number of halogens is 1. The summed E-state index contributed by atoms with van der Waals surface area (Å²) in [6.07, 6.45) is 0. The Labute approximate surface area is 141 Å². The van der Waals surface area contributed by atoms with Gasteiger partial charge in [-0.15, -0.1) is 0 Å². The van der Waals surface area contributed by atoms with Crippen LogP contribution in [0.15, 0.2) is 45.1 Å². The van der Waals surface area contributed by atoms with Gasteiger partial charge in [0.05, 0.1) is 22.8 Å². The Bertz CT molecular complexity index is 1060. The van der Waals surface area contributed by atoms with Gasteiger partial charge in [0, 0.05) is 14.1 Å². The zero-order valence-electron chi connectivity index (χ0n) is 13.5. The van der Waals surface area contributed by atoms with Gasteiger partial charge in [-0.25, -0.2) is 14.0 Å². The summed E-state index contributed by atoms with van der Waals surface area (Å²) in [5, 5.41) is 2.99. The van der Waals surface area contributed by atoms with Crippen LogP contribution in [-0.4, -0.2) is 21.7 Å². The number of rotatable bonds is 1. The van der Waals surface area contributed by atoms with Crippen LogP contribution in [-0.2, 0) is 23.6 Å². The summed E-state index contributed by atoms with van der Waals surface area (Å²) in [5.74, 6) is -1.36. The van der Waals surface area contributed by atoms with Gasteiger partial charge in [-0.1, -0.05) is 12.1 Å². The van der Waals surface area contributed by atoms with Crippen molar-refractivity contribution in [3.63, 3.8) is 0 Å². The van der Waals surface area contributed by atoms with Crippen molar-refractivity contribution in [2.45, 2.75) is 5.92 Å². The van der Waals surface area contributed by atoms with E-state index in [2.05, 4.69) is 5.32 Å². The van der Waals surface area contributed by atoms with Crippen LogP contribution in [0.3, 0.4) is 0 Å². The number of carbonyl (C=O) groups is 1. The summed E-state index contributed by atoms with van der Waals surface area (Å²) in [6.45, 7) is 0.0364. The fraction of sp³-hybridized carbons (Fsp3) is 0.235. The molecule has 1 unspecified atom stereocenters. The van der Waals surface area contributed by atoms with Crippen molar-refractivity contribution in [2.75, 3.05) is 11.9 Å². The van der Waals surface area contributed by atoms with Crippen molar-refractivity contribution in [3.05, 3.63) is 73.3 Å². The van der Waals surface area contributed by atoms with Crippen molar-refractivity contribution >= 4 is 11.8 Å². The van der Waals surface area contributed by atoms with Crippen LogP contribution in [0.1, 0.15) is 17.0 Å². The van der Waals surface area contributed by atoms with Gasteiger partial charge in [-0.05, 0) is 17.7 Å². The highest BCUT2D eigenvalue weighted by atomic mass is 19.1. The number of fused-ring (bicyclic) bond motifs is 1. The number of esters is 1. The zero-order valence-corrected chi connectivity index (χ0v) is 13.5. The lowest BCUT2D eigenvalue weighted by molar-refractivity contribution is -0.136. The van der Waals surface area contributed by atoms with Crippen molar-refractivity contribution in [2.24, 2.45) is 14.1 Å². The summed E-state index contributed by atoms with van der Waals surface area (Å²) < 4.78 is 20.7. The Hall–Kier alpha value is -3.16. The van der Waals surface area contributed by atoms with E-state index in [1.54, 1.807) is 7.05 Å². The molecule has 2 aliphatic rings. The first-order valence-corrected chi connectivity index (χ1v) is 7.62. The third kappa shape index (κ3) is 2.07. The highest BCUT2D eigenvalue weighted by Gasteiger charge is 2.41. The number of anilines is 1. The number of nitrogens with zero attached hydrogens (tertiary/aromatic N) is 2. The van der Waals surface area contributed by atoms with E-state index in [0.717, 1.165) is 4.57 Å². The topological polar surface area (TPSA) is 82.3 Å². The van der Waals surface area contributed by atoms with E-state index < -0.39 is 29.0 Å². The fourth-order valence-corrected chi connectivity index (χ4v) is 3.37. The Balaban J connectivity index is 2.08. The highest BCUT2D eigenvalue weighted by molar-refractivity contribution is 5.96. The number of aromatic nitrogens is 2. The van der Waals surface area contributed by atoms with Crippen LogP contribution >= 0.6 is 0 Å². The molecule has 1 N–H and O–H groups in total. The van der Waals surface area contributed by atoms with Crippen LogP contribution in [0.25, 0.3) is 0 Å². The van der Waals surface area contributed by atoms with E-state index >= 15 is 0 Å². The predicted molar refractivity (Wildman–Crippen MR) is 86.8 cm³/mol. The number of nitrogens with one attached hydrogen (secondary N) is 1. The molecule has 1 aromatic carbocycles. The molecule has 0 fully saturated rings. The van der Waals surface area contributed by atoms with Crippen molar-refractivity contribution in [3.8, 4) is 0 Å². The first-order valence-electron chi connectivity index (χ1n) is 7.62. The molecule has 4 rings (SSSR count). The zero-order chi connectivity index (χ0) is 17.9. The van der Waals surface area contributed by atoms with Crippen molar-refractivity contribution in [1.29, 1.82) is 0 Å². The predicted octanol–water partition coefficient (Wildman–Crippen LogP) is 0.591. The second-order valence-electron chi connectivity index (χ2n) is 6.05. The van der Waals surface area contributed by atoms with Crippen LogP contribution in [0.2, 0.25) is 0 Å². The first-order chi connectivity index (χ1) is 11.9. The minimum atomic E-state index is -0.729. The van der Waals surface area contributed by atoms with Crippen molar-refractivity contribution < 1.29 is 13.9 Å². The molecule has 0 bridgehead atoms. The molecule has 1 aromatic heterocycles. The van der Waals surface area contributed by atoms with Gasteiger partial charge in [0.2, 0.25) is 0 Å². The molecule has 0 amide bonds. The van der Waals surface area contributed by atoms with E-state index in [1.165, 1.54) is 35.9 Å². The Morgan fingerprint density at radius 2 is 1.80 bits per heavy atom. The van der Waals surface area contributed by atoms with Crippen molar-refractivity contribution in [1.82, 2.24) is 9.13 Å². The number of benzene rings is 1. The summed E-state index contributed by atoms with van der Waals surface area (Å²) in [7, 11) is 2.92. The standard InChI is InChI=1S/C17H14FN3O4/c1-20-14-13(15(22)21(2)17(20)24)11(8-3-5-9(18)6-4-8)12-10(19-14)7-25-16(12)23/h3-6,11,19H,7H2,1-2H3. The molecule has 0 saturated heterocycles. The van der Waals surface area contributed by atoms with E-state index in [1.807, 2.05) is 0 Å². The Kier molecular flexibility index (Phi) is 3.18. The van der Waals surface area contributed by atoms with Gasteiger partial charge >= 0.3 is 11.7 Å². The number of carbonyl (C=O) groups excluding carboxylic acids is 1. The molecule has 0 saturated carbocycles. The molecule has 0 spiro atoms. The van der Waals surface area contributed by atoms with Gasteiger partial charge < -0.3 is 10.1 Å². The number of ether oxygens (including phenoxy) is 1. The molecular formula is C17H14FN3O4. The number of hydrogen-bond acceptors (Lipinski definition) is 5. The fourth-order valence-electron chi connectivity index (χ4n) is 3.37. The van der Waals surface area contributed by atoms with Gasteiger partial charge in [0.15, 0.2) is 0 Å². The minimum Gasteiger partial charge on any atom is -0.456 e. The maximum atomic E-state index is 13.3. The molecule has 0 radical (unpaired) electrons. The molecule has 8 heteroatoms. The lowest BCUT2D eigenvalue weighted by Crippen LogP contribution is -2.43. The van der Waals surface area contributed by atoms with E-state index in [9.17, 15) is 18.8 Å². The maximum Gasteiger partial charge on any atom is 0.337 e. The molecular weight excluding hydrogens is 329 g/mol. The lowest BCUT2D eigenvalue weighted by atomic mass is 9.83. The van der Waals surface area contributed by atoms with Gasteiger partial charge in [-0.3, -0.25) is 13.9 Å². The average molecular weight is 343 g/mol. The SMILES string of the molecule is Cn1c2c(c(=O)n(C)c1=O)C(c1ccc(F)cc1)C1=C(COC1=O)N2. The molecule has 128 valence electrons. The Morgan fingerprint density at radius 1 is 1.12 bits per heavy atom. The molecule has 2 aromatic rings. The average Bonchev–Trinajstić information content (AvgIpc) is 2.98. The van der Waals surface area contributed by atoms with Crippen LogP contribution < -0.4 is 16.6 Å². The molecule has 0 aliphatic carbocycles. The summed E-state index contributed by atoms with van der Waals surface area (Å²) in [6, 6.07) is 5.58. The van der Waals surface area contributed by atoms with Crippen LogP contribution in [0, 0.1) is 5.82 Å². The van der Waals surface area contributed by atoms with E-state index in [4.69, 9.17) is 4.74 Å². The third-order valence-electron chi connectivity index (χ3n) is 4.64. The van der Waals surface area contributed by atoms with Crippen LogP contribution in [0.4, 0.5) is 10.2 Å². The smallest absolute Gasteiger partial charge is 0.337 e.